The van der Waals surface area contributed by atoms with Crippen LogP contribution in [0.15, 0.2) is 30.5 Å². The molecule has 32 heavy (non-hydrogen) atoms. The highest BCUT2D eigenvalue weighted by atomic mass is 16.1. The summed E-state index contributed by atoms with van der Waals surface area (Å²) in [6.45, 7) is 2.03. The van der Waals surface area contributed by atoms with Gasteiger partial charge >= 0.3 is 0 Å². The zero-order valence-electron chi connectivity index (χ0n) is 18.9. The smallest absolute Gasteiger partial charge is 0.254 e. The Morgan fingerprint density at radius 1 is 1.16 bits per heavy atom. The van der Waals surface area contributed by atoms with Crippen LogP contribution in [-0.4, -0.2) is 27.8 Å². The molecule has 4 N–H and O–H groups in total. The quantitative estimate of drug-likeness (QED) is 0.594. The molecule has 7 nitrogen and oxygen atoms in total. The van der Waals surface area contributed by atoms with Crippen molar-refractivity contribution < 1.29 is 4.79 Å². The lowest BCUT2D eigenvalue weighted by molar-refractivity contribution is 0.1000. The monoisotopic (exact) mass is 434 g/mol. The maximum Gasteiger partial charge on any atom is 0.254 e. The van der Waals surface area contributed by atoms with Crippen molar-refractivity contribution >= 4 is 17.4 Å². The van der Waals surface area contributed by atoms with Crippen molar-refractivity contribution in [2.24, 2.45) is 5.73 Å². The van der Waals surface area contributed by atoms with E-state index in [1.165, 1.54) is 32.1 Å². The Labute approximate surface area is 190 Å². The number of nitrogens with zero attached hydrogens (tertiary/aromatic N) is 3. The van der Waals surface area contributed by atoms with Crippen LogP contribution in [0.25, 0.3) is 0 Å². The molecule has 7 heteroatoms. The molecule has 0 aliphatic heterocycles. The van der Waals surface area contributed by atoms with Crippen LogP contribution >= 0.6 is 0 Å². The third-order valence-electron chi connectivity index (χ3n) is 7.18. The molecule has 1 aromatic carbocycles. The van der Waals surface area contributed by atoms with Crippen molar-refractivity contribution in [1.82, 2.24) is 15.1 Å². The molecule has 0 radical (unpaired) electrons. The summed E-state index contributed by atoms with van der Waals surface area (Å²) in [6.07, 6.45) is 12.4. The molecule has 0 atom stereocenters. The van der Waals surface area contributed by atoms with E-state index in [4.69, 9.17) is 10.8 Å². The second-order valence-corrected chi connectivity index (χ2v) is 9.53. The van der Waals surface area contributed by atoms with Gasteiger partial charge in [0.2, 0.25) is 0 Å². The highest BCUT2D eigenvalue weighted by Gasteiger charge is 2.39. The largest absolute Gasteiger partial charge is 0.365 e. The van der Waals surface area contributed by atoms with Crippen LogP contribution in [0.5, 0.6) is 0 Å². The van der Waals surface area contributed by atoms with Crippen molar-refractivity contribution in [2.75, 3.05) is 5.32 Å². The topological polar surface area (TPSA) is 109 Å². The van der Waals surface area contributed by atoms with E-state index in [2.05, 4.69) is 16.7 Å². The number of aryl methyl sites for hydroxylation is 1. The van der Waals surface area contributed by atoms with Crippen molar-refractivity contribution in [3.8, 4) is 6.07 Å². The first-order valence-electron chi connectivity index (χ1n) is 11.9. The number of hydrogen-bond donors (Lipinski definition) is 3. The fourth-order valence-corrected chi connectivity index (χ4v) is 5.22. The van der Waals surface area contributed by atoms with E-state index in [1.807, 2.05) is 35.9 Å². The standard InChI is InChI=1S/C25H34N6O/c1-18-7-9-20(10-8-18)29-24-22(23(27)32)17-31(30-24)25(15-16-26)13-11-21(12-14-25)28-19-5-3-2-4-6-19/h7-10,17,19,21,28H,2-6,11-15H2,1H3,(H2,27,32)(H,29,30). The highest BCUT2D eigenvalue weighted by Crippen LogP contribution is 2.39. The van der Waals surface area contributed by atoms with Crippen LogP contribution in [0, 0.1) is 18.3 Å². The highest BCUT2D eigenvalue weighted by molar-refractivity contribution is 5.98. The fourth-order valence-electron chi connectivity index (χ4n) is 5.22. The van der Waals surface area contributed by atoms with Gasteiger partial charge in [-0.25, -0.2) is 0 Å². The van der Waals surface area contributed by atoms with Crippen LogP contribution in [-0.2, 0) is 5.54 Å². The molecule has 0 unspecified atom stereocenters. The van der Waals surface area contributed by atoms with E-state index in [0.717, 1.165) is 36.9 Å². The van der Waals surface area contributed by atoms with Gasteiger partial charge in [0.15, 0.2) is 5.82 Å². The summed E-state index contributed by atoms with van der Waals surface area (Å²) in [5.74, 6) is -0.0771. The summed E-state index contributed by atoms with van der Waals surface area (Å²) < 4.78 is 1.84. The maximum atomic E-state index is 12.2. The Morgan fingerprint density at radius 3 is 2.44 bits per heavy atom. The van der Waals surface area contributed by atoms with E-state index in [0.29, 0.717) is 29.9 Å². The molecule has 0 saturated heterocycles. The number of carbonyl (C=O) groups is 1. The van der Waals surface area contributed by atoms with Gasteiger partial charge in [0.1, 0.15) is 5.56 Å². The summed E-state index contributed by atoms with van der Waals surface area (Å²) >= 11 is 0. The third kappa shape index (κ3) is 4.97. The van der Waals surface area contributed by atoms with E-state index in [1.54, 1.807) is 6.20 Å². The summed E-state index contributed by atoms with van der Waals surface area (Å²) in [6, 6.07) is 11.4. The average Bonchev–Trinajstić information content (AvgIpc) is 3.22. The second-order valence-electron chi connectivity index (χ2n) is 9.53. The SMILES string of the molecule is Cc1ccc(Nc2nn(C3(CC#N)CCC(NC4CCCCC4)CC3)cc2C(N)=O)cc1. The summed E-state index contributed by atoms with van der Waals surface area (Å²) in [5.41, 5.74) is 7.62. The van der Waals surface area contributed by atoms with E-state index in [9.17, 15) is 10.1 Å². The normalized spacial score (nSPS) is 24.1. The number of benzene rings is 1. The van der Waals surface area contributed by atoms with Crippen molar-refractivity contribution in [3.63, 3.8) is 0 Å². The van der Waals surface area contributed by atoms with Crippen LogP contribution in [0.4, 0.5) is 11.5 Å². The van der Waals surface area contributed by atoms with Gasteiger partial charge < -0.3 is 16.4 Å². The van der Waals surface area contributed by atoms with Crippen molar-refractivity contribution in [1.29, 1.82) is 5.26 Å². The summed E-state index contributed by atoms with van der Waals surface area (Å²) in [4.78, 5) is 12.2. The van der Waals surface area contributed by atoms with Crippen molar-refractivity contribution in [3.05, 3.63) is 41.6 Å². The predicted molar refractivity (Wildman–Crippen MR) is 126 cm³/mol. The predicted octanol–water partition coefficient (Wildman–Crippen LogP) is 4.51. The average molecular weight is 435 g/mol. The number of primary amides is 1. The number of nitriles is 1. The molecular weight excluding hydrogens is 400 g/mol. The zero-order chi connectivity index (χ0) is 22.6. The van der Waals surface area contributed by atoms with Gasteiger partial charge in [0.05, 0.1) is 18.0 Å². The molecule has 2 aliphatic carbocycles. The minimum atomic E-state index is -0.523. The number of anilines is 2. The van der Waals surface area contributed by atoms with E-state index in [-0.39, 0.29) is 0 Å². The number of nitrogens with two attached hydrogens (primary N) is 1. The fraction of sp³-hybridized carbons (Fsp3) is 0.560. The Balaban J connectivity index is 1.52. The van der Waals surface area contributed by atoms with Crippen LogP contribution < -0.4 is 16.4 Å². The Hall–Kier alpha value is -2.85. The van der Waals surface area contributed by atoms with Crippen LogP contribution in [0.3, 0.4) is 0 Å². The van der Waals surface area contributed by atoms with Gasteiger partial charge in [-0.1, -0.05) is 37.0 Å². The van der Waals surface area contributed by atoms with E-state index >= 15 is 0 Å². The van der Waals surface area contributed by atoms with Gasteiger partial charge in [-0.2, -0.15) is 10.4 Å². The molecule has 1 aromatic heterocycles. The lowest BCUT2D eigenvalue weighted by atomic mass is 9.77. The first kappa shape index (κ1) is 22.3. The lowest BCUT2D eigenvalue weighted by Gasteiger charge is -2.40. The van der Waals surface area contributed by atoms with Crippen LogP contribution in [0.1, 0.15) is 80.1 Å². The van der Waals surface area contributed by atoms with Gasteiger partial charge in [-0.3, -0.25) is 9.48 Å². The molecule has 4 rings (SSSR count). The molecule has 0 spiro atoms. The van der Waals surface area contributed by atoms with Gasteiger partial charge in [-0.05, 0) is 57.6 Å². The van der Waals surface area contributed by atoms with Crippen LogP contribution in [0.2, 0.25) is 0 Å². The Kier molecular flexibility index (Phi) is 6.80. The van der Waals surface area contributed by atoms with E-state index < -0.39 is 11.4 Å². The zero-order valence-corrected chi connectivity index (χ0v) is 18.9. The Morgan fingerprint density at radius 2 is 1.81 bits per heavy atom. The summed E-state index contributed by atoms with van der Waals surface area (Å²) in [5, 5.41) is 21.4. The lowest BCUT2D eigenvalue weighted by Crippen LogP contribution is -2.46. The number of aromatic nitrogens is 2. The number of amides is 1. The maximum absolute atomic E-state index is 12.2. The molecule has 2 fully saturated rings. The first-order chi connectivity index (χ1) is 15.5. The number of nitrogens with one attached hydrogen (secondary N) is 2. The third-order valence-corrected chi connectivity index (χ3v) is 7.18. The second kappa shape index (κ2) is 9.74. The van der Waals surface area contributed by atoms with Crippen molar-refractivity contribution in [2.45, 2.75) is 88.8 Å². The molecule has 0 bridgehead atoms. The molecule has 2 aliphatic rings. The van der Waals surface area contributed by atoms with Gasteiger partial charge in [0.25, 0.3) is 5.91 Å². The molecule has 2 aromatic rings. The summed E-state index contributed by atoms with van der Waals surface area (Å²) in [7, 11) is 0. The van der Waals surface area contributed by atoms with Gasteiger partial charge in [-0.15, -0.1) is 0 Å². The Bertz CT molecular complexity index is 959. The minimum absolute atomic E-state index is 0.352. The molecule has 1 amide bonds. The number of rotatable bonds is 7. The minimum Gasteiger partial charge on any atom is -0.365 e. The molecular formula is C25H34N6O. The van der Waals surface area contributed by atoms with Gasteiger partial charge in [0, 0.05) is 24.0 Å². The number of carbonyl (C=O) groups excluding carboxylic acids is 1. The molecule has 2 saturated carbocycles. The molecule has 170 valence electrons. The first-order valence-corrected chi connectivity index (χ1v) is 11.9. The molecule has 1 heterocycles. The number of hydrogen-bond acceptors (Lipinski definition) is 5.